The van der Waals surface area contributed by atoms with E-state index in [0.29, 0.717) is 36.6 Å². The van der Waals surface area contributed by atoms with Crippen LogP contribution < -0.4 is 10.1 Å². The van der Waals surface area contributed by atoms with E-state index in [1.165, 1.54) is 6.07 Å². The summed E-state index contributed by atoms with van der Waals surface area (Å²) < 4.78 is 19.0. The lowest BCUT2D eigenvalue weighted by Gasteiger charge is -2.09. The van der Waals surface area contributed by atoms with Crippen LogP contribution >= 0.6 is 0 Å². The third-order valence-electron chi connectivity index (χ3n) is 4.11. The van der Waals surface area contributed by atoms with E-state index in [2.05, 4.69) is 10.3 Å². The summed E-state index contributed by atoms with van der Waals surface area (Å²) in [5, 5.41) is 2.90. The van der Waals surface area contributed by atoms with Crippen molar-refractivity contribution in [3.8, 4) is 11.6 Å². The van der Waals surface area contributed by atoms with Gasteiger partial charge in [0.15, 0.2) is 0 Å². The first-order valence-electron chi connectivity index (χ1n) is 8.80. The quantitative estimate of drug-likeness (QED) is 0.668. The SMILES string of the molecule is Cc1cc(CCC(=O)NCc2cccc(Oc3ccccn3)c2)ccc1F. The van der Waals surface area contributed by atoms with E-state index in [1.807, 2.05) is 36.4 Å². The second-order valence-electron chi connectivity index (χ2n) is 6.28. The van der Waals surface area contributed by atoms with Crippen LogP contribution in [0.3, 0.4) is 0 Å². The first kappa shape index (κ1) is 18.6. The molecule has 0 unspecified atom stereocenters. The van der Waals surface area contributed by atoms with Gasteiger partial charge in [0.25, 0.3) is 0 Å². The van der Waals surface area contributed by atoms with Gasteiger partial charge >= 0.3 is 0 Å². The summed E-state index contributed by atoms with van der Waals surface area (Å²) in [6.45, 7) is 2.14. The first-order chi connectivity index (χ1) is 13.1. The van der Waals surface area contributed by atoms with Crippen molar-refractivity contribution in [2.24, 2.45) is 0 Å². The highest BCUT2D eigenvalue weighted by Gasteiger charge is 2.05. The number of nitrogens with one attached hydrogen (secondary N) is 1. The highest BCUT2D eigenvalue weighted by Crippen LogP contribution is 2.20. The summed E-state index contributed by atoms with van der Waals surface area (Å²) in [6, 6.07) is 17.9. The topological polar surface area (TPSA) is 51.2 Å². The number of aromatic nitrogens is 1. The predicted octanol–water partition coefficient (Wildman–Crippen LogP) is 4.57. The van der Waals surface area contributed by atoms with Gasteiger partial charge in [-0.25, -0.2) is 9.37 Å². The molecule has 0 aliphatic carbocycles. The number of aryl methyl sites for hydroxylation is 2. The van der Waals surface area contributed by atoms with Gasteiger partial charge in [0.1, 0.15) is 11.6 Å². The van der Waals surface area contributed by atoms with Crippen molar-refractivity contribution in [3.63, 3.8) is 0 Å². The molecule has 0 aliphatic heterocycles. The first-order valence-corrected chi connectivity index (χ1v) is 8.80. The minimum atomic E-state index is -0.226. The maximum absolute atomic E-state index is 13.3. The second kappa shape index (κ2) is 8.94. The Morgan fingerprint density at radius 2 is 1.96 bits per heavy atom. The Hall–Kier alpha value is -3.21. The fourth-order valence-corrected chi connectivity index (χ4v) is 2.66. The van der Waals surface area contributed by atoms with Gasteiger partial charge in [0.05, 0.1) is 0 Å². The van der Waals surface area contributed by atoms with Gasteiger partial charge in [-0.1, -0.05) is 30.3 Å². The number of carbonyl (C=O) groups is 1. The van der Waals surface area contributed by atoms with Crippen molar-refractivity contribution in [1.82, 2.24) is 10.3 Å². The predicted molar refractivity (Wildman–Crippen MR) is 102 cm³/mol. The van der Waals surface area contributed by atoms with Gasteiger partial charge in [0, 0.05) is 25.2 Å². The molecule has 3 aromatic rings. The van der Waals surface area contributed by atoms with E-state index >= 15 is 0 Å². The zero-order valence-corrected chi connectivity index (χ0v) is 15.1. The van der Waals surface area contributed by atoms with Crippen LogP contribution in [0.2, 0.25) is 0 Å². The van der Waals surface area contributed by atoms with Crippen molar-refractivity contribution in [2.45, 2.75) is 26.3 Å². The monoisotopic (exact) mass is 364 g/mol. The third kappa shape index (κ3) is 5.64. The van der Waals surface area contributed by atoms with E-state index < -0.39 is 0 Å². The normalized spacial score (nSPS) is 10.4. The van der Waals surface area contributed by atoms with Gasteiger partial charge < -0.3 is 10.1 Å². The molecule has 138 valence electrons. The standard InChI is InChI=1S/C22H21FN2O2/c1-16-13-17(8-10-20(16)23)9-11-21(26)25-15-18-5-4-6-19(14-18)27-22-7-2-3-12-24-22/h2-8,10,12-14H,9,11,15H2,1H3,(H,25,26). The molecule has 2 aromatic carbocycles. The van der Waals surface area contributed by atoms with Crippen molar-refractivity contribution >= 4 is 5.91 Å². The number of amides is 1. The van der Waals surface area contributed by atoms with E-state index in [0.717, 1.165) is 11.1 Å². The zero-order valence-electron chi connectivity index (χ0n) is 15.1. The number of nitrogens with zero attached hydrogens (tertiary/aromatic N) is 1. The Kier molecular flexibility index (Phi) is 6.15. The van der Waals surface area contributed by atoms with Crippen molar-refractivity contribution in [3.05, 3.63) is 89.4 Å². The Morgan fingerprint density at radius 3 is 2.74 bits per heavy atom. The third-order valence-corrected chi connectivity index (χ3v) is 4.11. The van der Waals surface area contributed by atoms with Crippen LogP contribution in [0.1, 0.15) is 23.1 Å². The maximum Gasteiger partial charge on any atom is 0.220 e. The Morgan fingerprint density at radius 1 is 1.07 bits per heavy atom. The minimum Gasteiger partial charge on any atom is -0.439 e. The van der Waals surface area contributed by atoms with Crippen LogP contribution in [0, 0.1) is 12.7 Å². The highest BCUT2D eigenvalue weighted by atomic mass is 19.1. The second-order valence-corrected chi connectivity index (χ2v) is 6.28. The molecule has 0 radical (unpaired) electrons. The number of hydrogen-bond donors (Lipinski definition) is 1. The molecule has 4 nitrogen and oxygen atoms in total. The number of benzene rings is 2. The molecule has 0 atom stereocenters. The van der Waals surface area contributed by atoms with Crippen LogP contribution in [-0.4, -0.2) is 10.9 Å². The van der Waals surface area contributed by atoms with E-state index in [-0.39, 0.29) is 11.7 Å². The molecule has 1 amide bonds. The lowest BCUT2D eigenvalue weighted by atomic mass is 10.1. The van der Waals surface area contributed by atoms with Crippen molar-refractivity contribution in [1.29, 1.82) is 0 Å². The van der Waals surface area contributed by atoms with Gasteiger partial charge in [-0.15, -0.1) is 0 Å². The average molecular weight is 364 g/mol. The van der Waals surface area contributed by atoms with Crippen LogP contribution in [0.5, 0.6) is 11.6 Å². The molecule has 1 aromatic heterocycles. The lowest BCUT2D eigenvalue weighted by Crippen LogP contribution is -2.23. The Labute approximate surface area is 158 Å². The van der Waals surface area contributed by atoms with Crippen molar-refractivity contribution < 1.29 is 13.9 Å². The minimum absolute atomic E-state index is 0.0481. The fraction of sp³-hybridized carbons (Fsp3) is 0.182. The average Bonchev–Trinajstić information content (AvgIpc) is 2.68. The molecule has 0 aliphatic rings. The summed E-state index contributed by atoms with van der Waals surface area (Å²) in [6.07, 6.45) is 2.60. The summed E-state index contributed by atoms with van der Waals surface area (Å²) in [5.74, 6) is 0.916. The summed E-state index contributed by atoms with van der Waals surface area (Å²) in [5.41, 5.74) is 2.49. The molecule has 3 rings (SSSR count). The summed E-state index contributed by atoms with van der Waals surface area (Å²) in [7, 11) is 0. The molecule has 1 N–H and O–H groups in total. The van der Waals surface area contributed by atoms with Crippen LogP contribution in [0.15, 0.2) is 66.9 Å². The number of halogens is 1. The molecule has 0 bridgehead atoms. The highest BCUT2D eigenvalue weighted by molar-refractivity contribution is 5.76. The molecule has 0 saturated heterocycles. The van der Waals surface area contributed by atoms with Gasteiger partial charge in [-0.3, -0.25) is 4.79 Å². The molecule has 5 heteroatoms. The van der Waals surface area contributed by atoms with E-state index in [4.69, 9.17) is 4.74 Å². The molecule has 0 fully saturated rings. The number of pyridine rings is 1. The number of ether oxygens (including phenoxy) is 1. The van der Waals surface area contributed by atoms with E-state index in [1.54, 1.807) is 31.3 Å². The maximum atomic E-state index is 13.3. The molecular weight excluding hydrogens is 343 g/mol. The largest absolute Gasteiger partial charge is 0.439 e. The Balaban J connectivity index is 1.49. The molecule has 1 heterocycles. The van der Waals surface area contributed by atoms with Crippen LogP contribution in [-0.2, 0) is 17.8 Å². The number of hydrogen-bond acceptors (Lipinski definition) is 3. The molecule has 0 saturated carbocycles. The van der Waals surface area contributed by atoms with Gasteiger partial charge in [0.2, 0.25) is 11.8 Å². The van der Waals surface area contributed by atoms with E-state index in [9.17, 15) is 9.18 Å². The fourth-order valence-electron chi connectivity index (χ4n) is 2.66. The summed E-state index contributed by atoms with van der Waals surface area (Å²) in [4.78, 5) is 16.2. The lowest BCUT2D eigenvalue weighted by molar-refractivity contribution is -0.121. The molecular formula is C22H21FN2O2. The molecule has 27 heavy (non-hydrogen) atoms. The number of carbonyl (C=O) groups excluding carboxylic acids is 1. The van der Waals surface area contributed by atoms with Crippen LogP contribution in [0.4, 0.5) is 4.39 Å². The zero-order chi connectivity index (χ0) is 19.1. The Bertz CT molecular complexity index is 913. The van der Waals surface area contributed by atoms with Crippen molar-refractivity contribution in [2.75, 3.05) is 0 Å². The smallest absolute Gasteiger partial charge is 0.220 e. The molecule has 0 spiro atoms. The van der Waals surface area contributed by atoms with Crippen LogP contribution in [0.25, 0.3) is 0 Å². The number of rotatable bonds is 7. The van der Waals surface area contributed by atoms with Gasteiger partial charge in [-0.05, 0) is 54.3 Å². The summed E-state index contributed by atoms with van der Waals surface area (Å²) >= 11 is 0. The van der Waals surface area contributed by atoms with Gasteiger partial charge in [-0.2, -0.15) is 0 Å².